The molecule has 0 aromatic carbocycles. The highest BCUT2D eigenvalue weighted by molar-refractivity contribution is 5.92. The van der Waals surface area contributed by atoms with Gasteiger partial charge < -0.3 is 11.1 Å². The first kappa shape index (κ1) is 11.9. The van der Waals surface area contributed by atoms with E-state index in [2.05, 4.69) is 17.2 Å². The number of nitrogens with two attached hydrogens (primary N) is 1. The predicted molar refractivity (Wildman–Crippen MR) is 67.6 cm³/mol. The molecule has 1 aliphatic carbocycles. The Hall–Kier alpha value is -1.58. The van der Waals surface area contributed by atoms with Crippen molar-refractivity contribution in [2.45, 2.75) is 32.6 Å². The third-order valence-electron chi connectivity index (χ3n) is 3.36. The molecule has 0 unspecified atom stereocenters. The highest BCUT2D eigenvalue weighted by atomic mass is 16.1. The lowest BCUT2D eigenvalue weighted by Gasteiger charge is -2.14. The molecule has 2 rings (SSSR count). The van der Waals surface area contributed by atoms with Crippen LogP contribution in [-0.4, -0.2) is 17.4 Å². The number of carbonyl (C=O) groups excluding carboxylic acids is 1. The van der Waals surface area contributed by atoms with Crippen molar-refractivity contribution in [3.63, 3.8) is 0 Å². The van der Waals surface area contributed by atoms with Crippen molar-refractivity contribution in [2.75, 3.05) is 12.3 Å². The number of nitrogens with one attached hydrogen (secondary N) is 1. The minimum atomic E-state index is -0.125. The minimum absolute atomic E-state index is 0.125. The first-order valence-corrected chi connectivity index (χ1v) is 6.16. The lowest BCUT2D eigenvalue weighted by atomic mass is 10.0. The third kappa shape index (κ3) is 2.96. The van der Waals surface area contributed by atoms with Gasteiger partial charge in [-0.3, -0.25) is 4.79 Å². The van der Waals surface area contributed by atoms with Gasteiger partial charge in [0, 0.05) is 6.54 Å². The molecule has 1 aromatic rings. The number of pyridine rings is 1. The molecular formula is C13H19N3O. The molecule has 1 fully saturated rings. The van der Waals surface area contributed by atoms with E-state index >= 15 is 0 Å². The Morgan fingerprint density at radius 2 is 2.29 bits per heavy atom. The maximum absolute atomic E-state index is 11.8. The van der Waals surface area contributed by atoms with Crippen LogP contribution in [0.3, 0.4) is 0 Å². The molecular weight excluding hydrogens is 214 g/mol. The number of nitrogen functional groups attached to an aromatic ring is 1. The number of amides is 1. The van der Waals surface area contributed by atoms with Crippen LogP contribution in [0, 0.1) is 5.41 Å². The van der Waals surface area contributed by atoms with Crippen LogP contribution in [0.2, 0.25) is 0 Å². The van der Waals surface area contributed by atoms with Crippen LogP contribution in [0.25, 0.3) is 0 Å². The van der Waals surface area contributed by atoms with E-state index in [0.717, 1.165) is 6.54 Å². The first-order chi connectivity index (χ1) is 8.15. The van der Waals surface area contributed by atoms with Crippen LogP contribution in [0.15, 0.2) is 18.2 Å². The molecule has 0 saturated heterocycles. The Kier molecular flexibility index (Phi) is 3.31. The van der Waals surface area contributed by atoms with E-state index in [0.29, 0.717) is 16.9 Å². The van der Waals surface area contributed by atoms with E-state index in [9.17, 15) is 4.79 Å². The Bertz CT molecular complexity index is 413. The van der Waals surface area contributed by atoms with Gasteiger partial charge in [0.2, 0.25) is 0 Å². The molecule has 0 bridgehead atoms. The summed E-state index contributed by atoms with van der Waals surface area (Å²) < 4.78 is 0. The van der Waals surface area contributed by atoms with Crippen molar-refractivity contribution in [2.24, 2.45) is 5.41 Å². The van der Waals surface area contributed by atoms with Gasteiger partial charge in [-0.25, -0.2) is 4.98 Å². The van der Waals surface area contributed by atoms with Crippen molar-refractivity contribution in [1.82, 2.24) is 10.3 Å². The SMILES string of the molecule is CCCC1(CNC(=O)c2cccc(N)n2)CC1. The van der Waals surface area contributed by atoms with Gasteiger partial charge in [0.1, 0.15) is 11.5 Å². The number of carbonyl (C=O) groups is 1. The number of aromatic nitrogens is 1. The summed E-state index contributed by atoms with van der Waals surface area (Å²) in [5.74, 6) is 0.257. The molecule has 1 saturated carbocycles. The maximum atomic E-state index is 11.8. The minimum Gasteiger partial charge on any atom is -0.384 e. The molecule has 1 heterocycles. The highest BCUT2D eigenvalue weighted by Gasteiger charge is 2.41. The van der Waals surface area contributed by atoms with Crippen LogP contribution in [0.5, 0.6) is 0 Å². The zero-order valence-electron chi connectivity index (χ0n) is 10.2. The molecule has 1 amide bonds. The van der Waals surface area contributed by atoms with E-state index in [4.69, 9.17) is 5.73 Å². The molecule has 0 aliphatic heterocycles. The van der Waals surface area contributed by atoms with Gasteiger partial charge in [-0.1, -0.05) is 19.4 Å². The second kappa shape index (κ2) is 4.73. The molecule has 3 N–H and O–H groups in total. The molecule has 1 aromatic heterocycles. The van der Waals surface area contributed by atoms with Gasteiger partial charge in [0.25, 0.3) is 5.91 Å². The monoisotopic (exact) mass is 233 g/mol. The van der Waals surface area contributed by atoms with Gasteiger partial charge in [0.05, 0.1) is 0 Å². The van der Waals surface area contributed by atoms with Crippen molar-refractivity contribution in [3.8, 4) is 0 Å². The average Bonchev–Trinajstić information content (AvgIpc) is 3.07. The smallest absolute Gasteiger partial charge is 0.269 e. The van der Waals surface area contributed by atoms with Crippen LogP contribution in [0.1, 0.15) is 43.1 Å². The van der Waals surface area contributed by atoms with Crippen molar-refractivity contribution >= 4 is 11.7 Å². The first-order valence-electron chi connectivity index (χ1n) is 6.16. The lowest BCUT2D eigenvalue weighted by molar-refractivity contribution is 0.0939. The third-order valence-corrected chi connectivity index (χ3v) is 3.36. The predicted octanol–water partition coefficient (Wildman–Crippen LogP) is 1.97. The van der Waals surface area contributed by atoms with Crippen molar-refractivity contribution in [1.29, 1.82) is 0 Å². The van der Waals surface area contributed by atoms with Crippen LogP contribution >= 0.6 is 0 Å². The van der Waals surface area contributed by atoms with E-state index < -0.39 is 0 Å². The molecule has 0 atom stereocenters. The quantitative estimate of drug-likeness (QED) is 0.817. The Balaban J connectivity index is 1.90. The van der Waals surface area contributed by atoms with Crippen LogP contribution < -0.4 is 11.1 Å². The molecule has 0 spiro atoms. The van der Waals surface area contributed by atoms with E-state index in [1.54, 1.807) is 18.2 Å². The van der Waals surface area contributed by atoms with Gasteiger partial charge in [-0.15, -0.1) is 0 Å². The molecule has 4 nitrogen and oxygen atoms in total. The van der Waals surface area contributed by atoms with Gasteiger partial charge in [0.15, 0.2) is 0 Å². The maximum Gasteiger partial charge on any atom is 0.269 e. The van der Waals surface area contributed by atoms with Crippen LogP contribution in [-0.2, 0) is 0 Å². The summed E-state index contributed by atoms with van der Waals surface area (Å²) in [5, 5.41) is 2.96. The number of rotatable bonds is 5. The largest absolute Gasteiger partial charge is 0.384 e. The summed E-state index contributed by atoms with van der Waals surface area (Å²) in [5.41, 5.74) is 6.31. The molecule has 92 valence electrons. The van der Waals surface area contributed by atoms with Crippen molar-refractivity contribution in [3.05, 3.63) is 23.9 Å². The molecule has 0 radical (unpaired) electrons. The topological polar surface area (TPSA) is 68.0 Å². The number of hydrogen-bond donors (Lipinski definition) is 2. The standard InChI is InChI=1S/C13H19N3O/c1-2-6-13(7-8-13)9-15-12(17)10-4-3-5-11(14)16-10/h3-5H,2,6-9H2,1H3,(H2,14,16)(H,15,17). The summed E-state index contributed by atoms with van der Waals surface area (Å²) in [6, 6.07) is 5.11. The summed E-state index contributed by atoms with van der Waals surface area (Å²) in [6.45, 7) is 2.94. The van der Waals surface area contributed by atoms with Crippen LogP contribution in [0.4, 0.5) is 5.82 Å². The van der Waals surface area contributed by atoms with E-state index in [1.807, 2.05) is 0 Å². The number of nitrogens with zero attached hydrogens (tertiary/aromatic N) is 1. The summed E-state index contributed by atoms with van der Waals surface area (Å²) in [7, 11) is 0. The number of hydrogen-bond acceptors (Lipinski definition) is 3. The summed E-state index contributed by atoms with van der Waals surface area (Å²) in [4.78, 5) is 15.9. The van der Waals surface area contributed by atoms with Gasteiger partial charge >= 0.3 is 0 Å². The second-order valence-corrected chi connectivity index (χ2v) is 4.88. The van der Waals surface area contributed by atoms with Gasteiger partial charge in [-0.05, 0) is 36.8 Å². The second-order valence-electron chi connectivity index (χ2n) is 4.88. The highest BCUT2D eigenvalue weighted by Crippen LogP contribution is 2.48. The number of anilines is 1. The van der Waals surface area contributed by atoms with Gasteiger partial charge in [-0.2, -0.15) is 0 Å². The van der Waals surface area contributed by atoms with E-state index in [1.165, 1.54) is 25.7 Å². The summed E-state index contributed by atoms with van der Waals surface area (Å²) in [6.07, 6.45) is 4.82. The Morgan fingerprint density at radius 3 is 2.88 bits per heavy atom. The average molecular weight is 233 g/mol. The molecule has 17 heavy (non-hydrogen) atoms. The molecule has 1 aliphatic rings. The zero-order chi connectivity index (χ0) is 12.3. The summed E-state index contributed by atoms with van der Waals surface area (Å²) >= 11 is 0. The Morgan fingerprint density at radius 1 is 1.53 bits per heavy atom. The van der Waals surface area contributed by atoms with E-state index in [-0.39, 0.29) is 5.91 Å². The zero-order valence-corrected chi connectivity index (χ0v) is 10.2. The fourth-order valence-electron chi connectivity index (χ4n) is 2.16. The fourth-order valence-corrected chi connectivity index (χ4v) is 2.16. The molecule has 4 heteroatoms. The lowest BCUT2D eigenvalue weighted by Crippen LogP contribution is -2.30. The normalized spacial score (nSPS) is 16.5. The van der Waals surface area contributed by atoms with Crippen molar-refractivity contribution < 1.29 is 4.79 Å². The fraction of sp³-hybridized carbons (Fsp3) is 0.538. The Labute approximate surface area is 102 Å².